The van der Waals surface area contributed by atoms with Gasteiger partial charge in [0.1, 0.15) is 0 Å². The fraction of sp³-hybridized carbons (Fsp3) is 0.636. The molecule has 0 saturated heterocycles. The van der Waals surface area contributed by atoms with Crippen LogP contribution in [-0.2, 0) is 9.53 Å². The summed E-state index contributed by atoms with van der Waals surface area (Å²) in [5.41, 5.74) is 4.43. The number of carbonyl (C=O) groups is 2. The Bertz CT molecular complexity index is 254. The van der Waals surface area contributed by atoms with Gasteiger partial charge in [-0.3, -0.25) is 4.79 Å². The monoisotopic (exact) mass is 263 g/mol. The average molecular weight is 263 g/mol. The number of nitrogens with two attached hydrogens (primary N) is 1. The lowest BCUT2D eigenvalue weighted by Gasteiger charge is -2.01. The Kier molecular flexibility index (Phi) is 13.8. The molecule has 0 fully saturated rings. The van der Waals surface area contributed by atoms with Gasteiger partial charge in [-0.25, -0.2) is 4.79 Å². The summed E-state index contributed by atoms with van der Waals surface area (Å²) < 4.78 is 3.89. The Balaban J connectivity index is 0. The third-order valence-electron chi connectivity index (χ3n) is 1.71. The number of hydrogen-bond donors (Lipinski definition) is 2. The van der Waals surface area contributed by atoms with Crippen LogP contribution in [0.3, 0.4) is 0 Å². The molecule has 0 unspecified atom stereocenters. The summed E-state index contributed by atoms with van der Waals surface area (Å²) in [6.45, 7) is 2.09. The Morgan fingerprint density at radius 2 is 1.94 bits per heavy atom. The Morgan fingerprint density at radius 3 is 2.24 bits per heavy atom. The van der Waals surface area contributed by atoms with Gasteiger partial charge in [0, 0.05) is 6.42 Å². The summed E-state index contributed by atoms with van der Waals surface area (Å²) in [6.07, 6.45) is 6.41. The zero-order valence-electron chi connectivity index (χ0n) is 10.6. The number of carboxylic acids is 1. The van der Waals surface area contributed by atoms with E-state index >= 15 is 0 Å². The molecule has 6 heteroatoms. The van der Waals surface area contributed by atoms with E-state index in [-0.39, 0.29) is 6.42 Å². The van der Waals surface area contributed by atoms with Crippen LogP contribution < -0.4 is 5.73 Å². The maximum atomic E-state index is 10.2. The highest BCUT2D eigenvalue weighted by atomic mass is 32.2. The van der Waals surface area contributed by atoms with E-state index < -0.39 is 12.1 Å². The van der Waals surface area contributed by atoms with E-state index in [0.29, 0.717) is 0 Å². The van der Waals surface area contributed by atoms with Crippen LogP contribution in [0.15, 0.2) is 11.0 Å². The number of hydrogen-bond acceptors (Lipinski definition) is 4. The number of amides is 1. The first-order chi connectivity index (χ1) is 7.97. The normalized spacial score (nSPS) is 10.2. The van der Waals surface area contributed by atoms with E-state index in [0.717, 1.165) is 19.3 Å². The Labute approximate surface area is 106 Å². The number of methoxy groups -OCH3 is 1. The molecular weight excluding hydrogens is 242 g/mol. The van der Waals surface area contributed by atoms with Crippen molar-refractivity contribution in [1.82, 2.24) is 0 Å². The minimum absolute atomic E-state index is 0.279. The molecular formula is C11H21NO4S. The van der Waals surface area contributed by atoms with Gasteiger partial charge in [0.15, 0.2) is 0 Å². The molecule has 0 aromatic carbocycles. The summed E-state index contributed by atoms with van der Waals surface area (Å²) in [6, 6.07) is 0. The van der Waals surface area contributed by atoms with Crippen LogP contribution in [0, 0.1) is 0 Å². The maximum Gasteiger partial charge on any atom is 0.404 e. The van der Waals surface area contributed by atoms with Gasteiger partial charge in [-0.2, -0.15) is 0 Å². The van der Waals surface area contributed by atoms with Gasteiger partial charge in [0.05, 0.1) is 7.11 Å². The smallest absolute Gasteiger partial charge is 0.404 e. The molecule has 0 atom stereocenters. The quantitative estimate of drug-likeness (QED) is 0.768. The second-order valence-corrected chi connectivity index (χ2v) is 3.99. The van der Waals surface area contributed by atoms with E-state index in [4.69, 9.17) is 5.11 Å². The molecule has 0 heterocycles. The number of rotatable bonds is 6. The van der Waals surface area contributed by atoms with E-state index in [9.17, 15) is 9.59 Å². The Morgan fingerprint density at radius 1 is 1.41 bits per heavy atom. The largest absolute Gasteiger partial charge is 0.481 e. The zero-order chi connectivity index (χ0) is 13.7. The van der Waals surface area contributed by atoms with Crippen molar-refractivity contribution < 1.29 is 19.4 Å². The molecule has 0 bridgehead atoms. The van der Waals surface area contributed by atoms with Gasteiger partial charge in [0.25, 0.3) is 0 Å². The fourth-order valence-electron chi connectivity index (χ4n) is 0.929. The molecule has 17 heavy (non-hydrogen) atoms. The van der Waals surface area contributed by atoms with Crippen molar-refractivity contribution in [2.24, 2.45) is 5.73 Å². The maximum absolute atomic E-state index is 10.2. The number of carbonyl (C=O) groups excluding carboxylic acids is 1. The van der Waals surface area contributed by atoms with Gasteiger partial charge in [-0.05, 0) is 30.4 Å². The number of primary amides is 1. The minimum atomic E-state index is -0.745. The first-order valence-corrected chi connectivity index (χ1v) is 6.48. The summed E-state index contributed by atoms with van der Waals surface area (Å²) in [5.74, 6) is -0.702. The molecule has 0 radical (unpaired) electrons. The van der Waals surface area contributed by atoms with Gasteiger partial charge < -0.3 is 15.6 Å². The van der Waals surface area contributed by atoms with Crippen molar-refractivity contribution in [2.75, 3.05) is 13.4 Å². The number of ether oxygens (including phenoxy) is 1. The Hall–Kier alpha value is -1.17. The number of thioether (sulfide) groups is 1. The molecule has 0 rings (SSSR count). The third kappa shape index (κ3) is 17.4. The standard InChI is InChI=1S/C9H16O2S.C2H5NO2/c1-3-5-8(12-2)6-4-7-9(10)11;1-5-2(3)4/h5H,3-4,6-7H2,1-2H3,(H,10,11);1H3,(H2,3,4)/b8-5-;. The van der Waals surface area contributed by atoms with Gasteiger partial charge in [0.2, 0.25) is 0 Å². The number of carboxylic acid groups (broad SMARTS) is 1. The predicted molar refractivity (Wildman–Crippen MR) is 70.0 cm³/mol. The van der Waals surface area contributed by atoms with Crippen molar-refractivity contribution in [3.05, 3.63) is 11.0 Å². The predicted octanol–water partition coefficient (Wildman–Crippen LogP) is 2.61. The lowest BCUT2D eigenvalue weighted by Crippen LogP contribution is -2.08. The molecule has 0 aromatic heterocycles. The van der Waals surface area contributed by atoms with Crippen LogP contribution in [0.1, 0.15) is 32.6 Å². The molecule has 3 N–H and O–H groups in total. The van der Waals surface area contributed by atoms with Crippen LogP contribution in [0.2, 0.25) is 0 Å². The summed E-state index contributed by atoms with van der Waals surface area (Å²) in [4.78, 5) is 20.9. The van der Waals surface area contributed by atoms with Crippen molar-refractivity contribution in [3.8, 4) is 0 Å². The van der Waals surface area contributed by atoms with Crippen LogP contribution in [0.25, 0.3) is 0 Å². The number of allylic oxidation sites excluding steroid dienone is 2. The molecule has 0 aliphatic rings. The van der Waals surface area contributed by atoms with Gasteiger partial charge in [-0.15, -0.1) is 11.8 Å². The molecule has 0 aromatic rings. The molecule has 100 valence electrons. The molecule has 0 aliphatic heterocycles. The van der Waals surface area contributed by atoms with Crippen molar-refractivity contribution >= 4 is 23.8 Å². The highest BCUT2D eigenvalue weighted by molar-refractivity contribution is 8.02. The van der Waals surface area contributed by atoms with Crippen LogP contribution in [0.5, 0.6) is 0 Å². The van der Waals surface area contributed by atoms with Crippen molar-refractivity contribution in [2.45, 2.75) is 32.6 Å². The third-order valence-corrected chi connectivity index (χ3v) is 2.60. The second-order valence-electron chi connectivity index (χ2n) is 3.05. The van der Waals surface area contributed by atoms with E-state index in [1.165, 1.54) is 12.0 Å². The molecule has 1 amide bonds. The highest BCUT2D eigenvalue weighted by Gasteiger charge is 1.98. The zero-order valence-corrected chi connectivity index (χ0v) is 11.4. The molecule has 0 saturated carbocycles. The van der Waals surface area contributed by atoms with Crippen LogP contribution >= 0.6 is 11.8 Å². The number of aliphatic carboxylic acids is 1. The lowest BCUT2D eigenvalue weighted by atomic mass is 10.2. The van der Waals surface area contributed by atoms with Crippen molar-refractivity contribution in [3.63, 3.8) is 0 Å². The van der Waals surface area contributed by atoms with Gasteiger partial charge >= 0.3 is 12.1 Å². The summed E-state index contributed by atoms with van der Waals surface area (Å²) >= 11 is 1.71. The first-order valence-electron chi connectivity index (χ1n) is 5.26. The highest BCUT2D eigenvalue weighted by Crippen LogP contribution is 2.19. The average Bonchev–Trinajstić information content (AvgIpc) is 2.28. The second kappa shape index (κ2) is 12.9. The summed E-state index contributed by atoms with van der Waals surface area (Å²) in [5, 5.41) is 8.40. The van der Waals surface area contributed by atoms with E-state index in [2.05, 4.69) is 23.5 Å². The molecule has 0 aliphatic carbocycles. The first kappa shape index (κ1) is 18.2. The van der Waals surface area contributed by atoms with E-state index in [1.807, 2.05) is 6.26 Å². The van der Waals surface area contributed by atoms with Crippen LogP contribution in [-0.4, -0.2) is 30.5 Å². The topological polar surface area (TPSA) is 89.6 Å². The van der Waals surface area contributed by atoms with E-state index in [1.54, 1.807) is 11.8 Å². The molecule has 5 nitrogen and oxygen atoms in total. The fourth-order valence-corrected chi connectivity index (χ4v) is 1.61. The van der Waals surface area contributed by atoms with Gasteiger partial charge in [-0.1, -0.05) is 13.0 Å². The summed E-state index contributed by atoms with van der Waals surface area (Å²) in [7, 11) is 1.22. The van der Waals surface area contributed by atoms with Crippen LogP contribution in [0.4, 0.5) is 4.79 Å². The minimum Gasteiger partial charge on any atom is -0.481 e. The lowest BCUT2D eigenvalue weighted by molar-refractivity contribution is -0.137. The molecule has 0 spiro atoms. The SMILES string of the molecule is CC/C=C(/CCCC(=O)O)SC.COC(N)=O. The van der Waals surface area contributed by atoms with Crippen molar-refractivity contribution in [1.29, 1.82) is 0 Å².